The number of allylic oxidation sites excluding steroid dienone is 1. The highest BCUT2D eigenvalue weighted by Crippen LogP contribution is 2.37. The van der Waals surface area contributed by atoms with Crippen LogP contribution in [0.25, 0.3) is 6.08 Å². The van der Waals surface area contributed by atoms with Gasteiger partial charge in [0.1, 0.15) is 18.1 Å². The number of carbonyl (C=O) groups excluding carboxylic acids is 1. The SMILES string of the molecule is Cc1cc(OCc2ccccc2)cc2c1C(=O)/C(=C/c1ccc(C(C)C)cc1)O2. The van der Waals surface area contributed by atoms with E-state index < -0.39 is 0 Å². The van der Waals surface area contributed by atoms with Gasteiger partial charge in [-0.05, 0) is 47.2 Å². The van der Waals surface area contributed by atoms with E-state index in [0.29, 0.717) is 35.3 Å². The molecule has 4 rings (SSSR count). The fraction of sp³-hybridized carbons (Fsp3) is 0.192. The van der Waals surface area contributed by atoms with Gasteiger partial charge >= 0.3 is 0 Å². The van der Waals surface area contributed by atoms with Crippen molar-refractivity contribution < 1.29 is 14.3 Å². The smallest absolute Gasteiger partial charge is 0.232 e. The van der Waals surface area contributed by atoms with Gasteiger partial charge in [-0.1, -0.05) is 68.4 Å². The Morgan fingerprint density at radius 1 is 1.00 bits per heavy atom. The van der Waals surface area contributed by atoms with Gasteiger partial charge in [0.2, 0.25) is 5.78 Å². The second-order valence-corrected chi connectivity index (χ2v) is 7.65. The van der Waals surface area contributed by atoms with Gasteiger partial charge in [-0.25, -0.2) is 0 Å². The third-order valence-corrected chi connectivity index (χ3v) is 5.09. The molecule has 3 aromatic rings. The number of hydrogen-bond acceptors (Lipinski definition) is 3. The molecule has 0 aliphatic carbocycles. The summed E-state index contributed by atoms with van der Waals surface area (Å²) in [4.78, 5) is 12.9. The summed E-state index contributed by atoms with van der Waals surface area (Å²) in [5, 5.41) is 0. The first kappa shape index (κ1) is 19.0. The largest absolute Gasteiger partial charge is 0.489 e. The molecule has 0 N–H and O–H groups in total. The van der Waals surface area contributed by atoms with Gasteiger partial charge in [0.05, 0.1) is 5.56 Å². The molecule has 0 saturated heterocycles. The van der Waals surface area contributed by atoms with E-state index in [2.05, 4.69) is 26.0 Å². The average molecular weight is 384 g/mol. The van der Waals surface area contributed by atoms with Crippen LogP contribution in [-0.2, 0) is 6.61 Å². The predicted octanol–water partition coefficient (Wildman–Crippen LogP) is 6.31. The minimum absolute atomic E-state index is 0.0833. The molecule has 1 aliphatic rings. The van der Waals surface area contributed by atoms with E-state index in [1.165, 1.54) is 5.56 Å². The van der Waals surface area contributed by atoms with Gasteiger partial charge in [-0.15, -0.1) is 0 Å². The molecule has 0 unspecified atom stereocenters. The normalized spacial score (nSPS) is 14.2. The maximum Gasteiger partial charge on any atom is 0.232 e. The number of benzene rings is 3. The predicted molar refractivity (Wildman–Crippen MR) is 115 cm³/mol. The van der Waals surface area contributed by atoms with Crippen molar-refractivity contribution in [3.05, 3.63) is 100 Å². The molecule has 0 atom stereocenters. The van der Waals surface area contributed by atoms with Crippen LogP contribution in [0.5, 0.6) is 11.5 Å². The highest BCUT2D eigenvalue weighted by atomic mass is 16.5. The minimum Gasteiger partial charge on any atom is -0.489 e. The quantitative estimate of drug-likeness (QED) is 0.483. The molecule has 146 valence electrons. The van der Waals surface area contributed by atoms with Crippen LogP contribution < -0.4 is 9.47 Å². The summed E-state index contributed by atoms with van der Waals surface area (Å²) in [6.07, 6.45) is 1.80. The number of aryl methyl sites for hydroxylation is 1. The molecule has 0 saturated carbocycles. The number of ketones is 1. The Balaban J connectivity index is 1.55. The summed E-state index contributed by atoms with van der Waals surface area (Å²) in [5.74, 6) is 1.99. The standard InChI is InChI=1S/C26H24O3/c1-17(2)21-11-9-19(10-12-21)14-24-26(27)25-18(3)13-22(15-23(25)29-24)28-16-20-7-5-4-6-8-20/h4-15,17H,16H2,1-3H3/b24-14-. The molecular weight excluding hydrogens is 360 g/mol. The second-order valence-electron chi connectivity index (χ2n) is 7.65. The van der Waals surface area contributed by atoms with E-state index in [9.17, 15) is 4.79 Å². The monoisotopic (exact) mass is 384 g/mol. The number of carbonyl (C=O) groups is 1. The fourth-order valence-electron chi connectivity index (χ4n) is 3.43. The lowest BCUT2D eigenvalue weighted by atomic mass is 10.0. The van der Waals surface area contributed by atoms with Gasteiger partial charge < -0.3 is 9.47 Å². The zero-order valence-electron chi connectivity index (χ0n) is 16.9. The van der Waals surface area contributed by atoms with E-state index in [1.807, 2.05) is 55.5 Å². The molecule has 1 aliphatic heterocycles. The highest BCUT2D eigenvalue weighted by molar-refractivity contribution is 6.15. The Labute approximate surface area is 171 Å². The summed E-state index contributed by atoms with van der Waals surface area (Å²) in [7, 11) is 0. The van der Waals surface area contributed by atoms with Crippen LogP contribution in [0.4, 0.5) is 0 Å². The van der Waals surface area contributed by atoms with Crippen molar-refractivity contribution in [1.82, 2.24) is 0 Å². The molecule has 0 bridgehead atoms. The van der Waals surface area contributed by atoms with E-state index in [4.69, 9.17) is 9.47 Å². The topological polar surface area (TPSA) is 35.5 Å². The molecule has 0 fully saturated rings. The molecule has 0 radical (unpaired) electrons. The van der Waals surface area contributed by atoms with Crippen molar-refractivity contribution in [2.45, 2.75) is 33.3 Å². The van der Waals surface area contributed by atoms with Crippen molar-refractivity contribution in [2.24, 2.45) is 0 Å². The van der Waals surface area contributed by atoms with Gasteiger partial charge in [0.25, 0.3) is 0 Å². The minimum atomic E-state index is -0.0833. The van der Waals surface area contributed by atoms with Gasteiger partial charge in [0.15, 0.2) is 5.76 Å². The fourth-order valence-corrected chi connectivity index (χ4v) is 3.43. The molecule has 3 heteroatoms. The molecule has 0 aromatic heterocycles. The maximum absolute atomic E-state index is 12.9. The average Bonchev–Trinajstić information content (AvgIpc) is 3.03. The zero-order chi connectivity index (χ0) is 20.4. The van der Waals surface area contributed by atoms with E-state index >= 15 is 0 Å². The highest BCUT2D eigenvalue weighted by Gasteiger charge is 2.30. The molecule has 3 aromatic carbocycles. The Morgan fingerprint density at radius 3 is 2.41 bits per heavy atom. The van der Waals surface area contributed by atoms with Gasteiger partial charge in [0, 0.05) is 6.07 Å². The molecular formula is C26H24O3. The molecule has 0 amide bonds. The summed E-state index contributed by atoms with van der Waals surface area (Å²) < 4.78 is 11.8. The third-order valence-electron chi connectivity index (χ3n) is 5.09. The van der Waals surface area contributed by atoms with Gasteiger partial charge in [-0.2, -0.15) is 0 Å². The first-order chi connectivity index (χ1) is 14.0. The lowest BCUT2D eigenvalue weighted by Gasteiger charge is -2.09. The number of hydrogen-bond donors (Lipinski definition) is 0. The first-order valence-electron chi connectivity index (χ1n) is 9.87. The van der Waals surface area contributed by atoms with Crippen molar-refractivity contribution in [3.8, 4) is 11.5 Å². The summed E-state index contributed by atoms with van der Waals surface area (Å²) in [5.41, 5.74) is 4.78. The molecule has 3 nitrogen and oxygen atoms in total. The number of rotatable bonds is 5. The van der Waals surface area contributed by atoms with Crippen molar-refractivity contribution in [2.75, 3.05) is 0 Å². The van der Waals surface area contributed by atoms with Crippen LogP contribution in [-0.4, -0.2) is 5.78 Å². The van der Waals surface area contributed by atoms with E-state index in [-0.39, 0.29) is 5.78 Å². The maximum atomic E-state index is 12.9. The van der Waals surface area contributed by atoms with Crippen LogP contribution in [0.2, 0.25) is 0 Å². The van der Waals surface area contributed by atoms with Crippen LogP contribution >= 0.6 is 0 Å². The Bertz CT molecular complexity index is 1060. The lowest BCUT2D eigenvalue weighted by molar-refractivity contribution is 0.101. The van der Waals surface area contributed by atoms with Gasteiger partial charge in [-0.3, -0.25) is 4.79 Å². The van der Waals surface area contributed by atoms with E-state index in [0.717, 1.165) is 16.7 Å². The number of fused-ring (bicyclic) bond motifs is 1. The van der Waals surface area contributed by atoms with Crippen molar-refractivity contribution >= 4 is 11.9 Å². The molecule has 0 spiro atoms. The Kier molecular flexibility index (Phi) is 5.22. The zero-order valence-corrected chi connectivity index (χ0v) is 16.9. The molecule has 29 heavy (non-hydrogen) atoms. The lowest BCUT2D eigenvalue weighted by Crippen LogP contribution is -2.00. The van der Waals surface area contributed by atoms with Crippen molar-refractivity contribution in [3.63, 3.8) is 0 Å². The number of Topliss-reactive ketones (excluding diaryl/α,β-unsaturated/α-hetero) is 1. The van der Waals surface area contributed by atoms with Crippen LogP contribution in [0, 0.1) is 6.92 Å². The third kappa shape index (κ3) is 4.09. The molecule has 1 heterocycles. The van der Waals surface area contributed by atoms with Crippen molar-refractivity contribution in [1.29, 1.82) is 0 Å². The van der Waals surface area contributed by atoms with Crippen LogP contribution in [0.1, 0.15) is 52.4 Å². The summed E-state index contributed by atoms with van der Waals surface area (Å²) >= 11 is 0. The summed E-state index contributed by atoms with van der Waals surface area (Å²) in [6.45, 7) is 6.70. The Morgan fingerprint density at radius 2 is 1.72 bits per heavy atom. The van der Waals surface area contributed by atoms with E-state index in [1.54, 1.807) is 12.1 Å². The van der Waals surface area contributed by atoms with Crippen LogP contribution in [0.3, 0.4) is 0 Å². The summed E-state index contributed by atoms with van der Waals surface area (Å²) in [6, 6.07) is 21.9. The van der Waals surface area contributed by atoms with Crippen LogP contribution in [0.15, 0.2) is 72.5 Å². The first-order valence-corrected chi connectivity index (χ1v) is 9.87. The Hall–Kier alpha value is -3.33. The second kappa shape index (κ2) is 7.96. The number of ether oxygens (including phenoxy) is 2.